The lowest BCUT2D eigenvalue weighted by molar-refractivity contribution is 0.384. The fourth-order valence-electron chi connectivity index (χ4n) is 2.69. The molecule has 0 spiro atoms. The Morgan fingerprint density at radius 1 is 1.30 bits per heavy atom. The molecule has 0 saturated carbocycles. The van der Waals surface area contributed by atoms with E-state index in [1.54, 1.807) is 0 Å². The minimum absolute atomic E-state index is 0.246. The third-order valence-corrected chi connectivity index (χ3v) is 3.80. The molecule has 114 valence electrons. The van der Waals surface area contributed by atoms with Crippen molar-refractivity contribution in [3.05, 3.63) is 5.82 Å². The van der Waals surface area contributed by atoms with Crippen LogP contribution in [0.5, 0.6) is 0 Å². The number of nitrogens with zero attached hydrogens (tertiary/aromatic N) is 3. The quantitative estimate of drug-likeness (QED) is 0.868. The van der Waals surface area contributed by atoms with Crippen molar-refractivity contribution in [1.82, 2.24) is 20.5 Å². The van der Waals surface area contributed by atoms with Crippen molar-refractivity contribution in [2.24, 2.45) is 11.3 Å². The van der Waals surface area contributed by atoms with Crippen LogP contribution in [-0.4, -0.2) is 41.4 Å². The summed E-state index contributed by atoms with van der Waals surface area (Å²) in [5.41, 5.74) is 0.246. The largest absolute Gasteiger partial charge is 0.340 e. The van der Waals surface area contributed by atoms with Gasteiger partial charge in [0.2, 0.25) is 5.95 Å². The first-order valence-electron chi connectivity index (χ1n) is 7.85. The highest BCUT2D eigenvalue weighted by Crippen LogP contribution is 2.22. The molecule has 1 aliphatic heterocycles. The monoisotopic (exact) mass is 279 g/mol. The van der Waals surface area contributed by atoms with Crippen LogP contribution in [0.3, 0.4) is 0 Å². The van der Waals surface area contributed by atoms with E-state index in [0.29, 0.717) is 0 Å². The predicted molar refractivity (Wildman–Crippen MR) is 83.0 cm³/mol. The molecule has 20 heavy (non-hydrogen) atoms. The number of hydrogen-bond donors (Lipinski definition) is 2. The van der Waals surface area contributed by atoms with E-state index >= 15 is 0 Å². The number of aromatic amines is 1. The lowest BCUT2D eigenvalue weighted by Crippen LogP contribution is -2.37. The van der Waals surface area contributed by atoms with Gasteiger partial charge in [0.1, 0.15) is 5.82 Å². The molecule has 1 aliphatic rings. The maximum atomic E-state index is 4.65. The van der Waals surface area contributed by atoms with Crippen LogP contribution in [0.15, 0.2) is 0 Å². The first-order chi connectivity index (χ1) is 9.48. The molecule has 2 N–H and O–H groups in total. The first-order valence-corrected chi connectivity index (χ1v) is 7.85. The van der Waals surface area contributed by atoms with E-state index < -0.39 is 0 Å². The van der Waals surface area contributed by atoms with Crippen LogP contribution >= 0.6 is 0 Å². The van der Waals surface area contributed by atoms with Crippen molar-refractivity contribution in [3.63, 3.8) is 0 Å². The van der Waals surface area contributed by atoms with Crippen molar-refractivity contribution in [2.75, 3.05) is 31.1 Å². The van der Waals surface area contributed by atoms with Gasteiger partial charge in [0.05, 0.1) is 0 Å². The highest BCUT2D eigenvalue weighted by atomic mass is 15.4. The lowest BCUT2D eigenvalue weighted by atomic mass is 9.92. The van der Waals surface area contributed by atoms with Crippen LogP contribution in [-0.2, 0) is 6.42 Å². The Hall–Kier alpha value is -1.10. The predicted octanol–water partition coefficient (Wildman–Crippen LogP) is 2.22. The SMILES string of the molecule is CCNCC1CCN(c2n[nH]c(CC(C)(C)C)n2)CC1. The highest BCUT2D eigenvalue weighted by Gasteiger charge is 2.22. The van der Waals surface area contributed by atoms with Crippen molar-refractivity contribution >= 4 is 5.95 Å². The summed E-state index contributed by atoms with van der Waals surface area (Å²) in [6, 6.07) is 0. The van der Waals surface area contributed by atoms with Gasteiger partial charge in [-0.25, -0.2) is 0 Å². The molecular weight excluding hydrogens is 250 g/mol. The molecule has 0 bridgehead atoms. The highest BCUT2D eigenvalue weighted by molar-refractivity contribution is 5.29. The number of piperidine rings is 1. The number of rotatable bonds is 5. The molecule has 2 heterocycles. The lowest BCUT2D eigenvalue weighted by Gasteiger charge is -2.31. The van der Waals surface area contributed by atoms with E-state index in [1.807, 2.05) is 0 Å². The smallest absolute Gasteiger partial charge is 0.244 e. The standard InChI is InChI=1S/C15H29N5/c1-5-16-11-12-6-8-20(9-7-12)14-17-13(18-19-14)10-15(2,3)4/h12,16H,5-11H2,1-4H3,(H,17,18,19). The van der Waals surface area contributed by atoms with Crippen LogP contribution in [0, 0.1) is 11.3 Å². The Morgan fingerprint density at radius 3 is 2.60 bits per heavy atom. The molecule has 1 aromatic heterocycles. The van der Waals surface area contributed by atoms with Gasteiger partial charge < -0.3 is 10.2 Å². The minimum Gasteiger partial charge on any atom is -0.340 e. The van der Waals surface area contributed by atoms with E-state index in [-0.39, 0.29) is 5.41 Å². The number of anilines is 1. The normalized spacial score (nSPS) is 17.7. The average molecular weight is 279 g/mol. The molecule has 1 saturated heterocycles. The maximum absolute atomic E-state index is 4.65. The summed E-state index contributed by atoms with van der Waals surface area (Å²) in [6.07, 6.45) is 3.41. The fourth-order valence-corrected chi connectivity index (χ4v) is 2.69. The topological polar surface area (TPSA) is 56.8 Å². The third kappa shape index (κ3) is 4.47. The van der Waals surface area contributed by atoms with Crippen molar-refractivity contribution in [2.45, 2.75) is 47.0 Å². The number of aromatic nitrogens is 3. The van der Waals surface area contributed by atoms with Crippen molar-refractivity contribution < 1.29 is 0 Å². The van der Waals surface area contributed by atoms with E-state index in [9.17, 15) is 0 Å². The first kappa shape index (κ1) is 15.3. The Morgan fingerprint density at radius 2 is 2.00 bits per heavy atom. The molecule has 0 aliphatic carbocycles. The minimum atomic E-state index is 0.246. The molecule has 0 radical (unpaired) electrons. The van der Waals surface area contributed by atoms with Gasteiger partial charge >= 0.3 is 0 Å². The van der Waals surface area contributed by atoms with Gasteiger partial charge in [0, 0.05) is 19.5 Å². The summed E-state index contributed by atoms with van der Waals surface area (Å²) in [5.74, 6) is 2.69. The number of H-pyrrole nitrogens is 1. The molecule has 0 unspecified atom stereocenters. The van der Waals surface area contributed by atoms with Crippen molar-refractivity contribution in [3.8, 4) is 0 Å². The molecule has 5 nitrogen and oxygen atoms in total. The second-order valence-corrected chi connectivity index (χ2v) is 7.06. The molecule has 1 aromatic rings. The fraction of sp³-hybridized carbons (Fsp3) is 0.867. The Bertz CT molecular complexity index is 399. The van der Waals surface area contributed by atoms with Crippen LogP contribution in [0.2, 0.25) is 0 Å². The van der Waals surface area contributed by atoms with Gasteiger partial charge in [0.25, 0.3) is 0 Å². The van der Waals surface area contributed by atoms with Crippen LogP contribution < -0.4 is 10.2 Å². The molecule has 5 heteroatoms. The van der Waals surface area contributed by atoms with Crippen LogP contribution in [0.1, 0.15) is 46.4 Å². The zero-order valence-electron chi connectivity index (χ0n) is 13.4. The Kier molecular flexibility index (Phi) is 5.02. The second-order valence-electron chi connectivity index (χ2n) is 7.06. The van der Waals surface area contributed by atoms with Gasteiger partial charge in [-0.2, -0.15) is 4.98 Å². The molecular formula is C15H29N5. The summed E-state index contributed by atoms with van der Waals surface area (Å²) >= 11 is 0. The summed E-state index contributed by atoms with van der Waals surface area (Å²) in [6.45, 7) is 13.2. The van der Waals surface area contributed by atoms with Gasteiger partial charge in [-0.3, -0.25) is 5.10 Å². The Balaban J connectivity index is 1.85. The van der Waals surface area contributed by atoms with Gasteiger partial charge in [-0.1, -0.05) is 27.7 Å². The van der Waals surface area contributed by atoms with Gasteiger partial charge in [-0.15, -0.1) is 5.10 Å². The number of hydrogen-bond acceptors (Lipinski definition) is 4. The van der Waals surface area contributed by atoms with Crippen LogP contribution in [0.25, 0.3) is 0 Å². The second kappa shape index (κ2) is 6.57. The van der Waals surface area contributed by atoms with Gasteiger partial charge in [-0.05, 0) is 37.3 Å². The molecule has 2 rings (SSSR count). The summed E-state index contributed by atoms with van der Waals surface area (Å²) in [5, 5.41) is 10.9. The van der Waals surface area contributed by atoms with Gasteiger partial charge in [0.15, 0.2) is 0 Å². The molecule has 0 aromatic carbocycles. The zero-order chi connectivity index (χ0) is 14.6. The van der Waals surface area contributed by atoms with E-state index in [2.05, 4.69) is 53.1 Å². The van der Waals surface area contributed by atoms with E-state index in [4.69, 9.17) is 0 Å². The zero-order valence-corrected chi connectivity index (χ0v) is 13.4. The van der Waals surface area contributed by atoms with E-state index in [1.165, 1.54) is 12.8 Å². The van der Waals surface area contributed by atoms with E-state index in [0.717, 1.165) is 50.3 Å². The third-order valence-electron chi connectivity index (χ3n) is 3.80. The average Bonchev–Trinajstić information content (AvgIpc) is 2.83. The molecule has 1 fully saturated rings. The summed E-state index contributed by atoms with van der Waals surface area (Å²) in [4.78, 5) is 6.96. The Labute approximate surface area is 122 Å². The summed E-state index contributed by atoms with van der Waals surface area (Å²) < 4.78 is 0. The maximum Gasteiger partial charge on any atom is 0.244 e. The van der Waals surface area contributed by atoms with Crippen LogP contribution in [0.4, 0.5) is 5.95 Å². The number of nitrogens with one attached hydrogen (secondary N) is 2. The molecule has 0 amide bonds. The van der Waals surface area contributed by atoms with Crippen molar-refractivity contribution in [1.29, 1.82) is 0 Å². The molecule has 0 atom stereocenters. The summed E-state index contributed by atoms with van der Waals surface area (Å²) in [7, 11) is 0.